The Morgan fingerprint density at radius 1 is 1.24 bits per heavy atom. The molecule has 0 saturated heterocycles. The van der Waals surface area contributed by atoms with E-state index in [4.69, 9.17) is 0 Å². The number of hydrogen-bond acceptors (Lipinski definition) is 3. The molecule has 21 heavy (non-hydrogen) atoms. The summed E-state index contributed by atoms with van der Waals surface area (Å²) in [5.41, 5.74) is 2.91. The third kappa shape index (κ3) is 2.46. The molecule has 0 fully saturated rings. The first kappa shape index (κ1) is 14.5. The van der Waals surface area contributed by atoms with Crippen LogP contribution in [0.4, 0.5) is 5.69 Å². The Hall–Kier alpha value is -1.40. The van der Waals surface area contributed by atoms with Crippen molar-refractivity contribution < 1.29 is 13.2 Å². The van der Waals surface area contributed by atoms with Crippen molar-refractivity contribution in [2.24, 2.45) is 0 Å². The van der Waals surface area contributed by atoms with Gasteiger partial charge in [-0.2, -0.15) is 0 Å². The van der Waals surface area contributed by atoms with Crippen LogP contribution in [0.15, 0.2) is 17.0 Å². The SMILES string of the molecule is CC[C@H](C)NS(=O)(=O)c1cc2c3c(c1)CCN3C(=O)CC2. The van der Waals surface area contributed by atoms with E-state index in [1.165, 1.54) is 0 Å². The molecule has 1 amide bonds. The third-order valence-corrected chi connectivity index (χ3v) is 5.87. The second-order valence-corrected chi connectivity index (χ2v) is 7.53. The maximum absolute atomic E-state index is 12.4. The fourth-order valence-corrected chi connectivity index (χ4v) is 4.42. The maximum atomic E-state index is 12.4. The lowest BCUT2D eigenvalue weighted by molar-refractivity contribution is -0.118. The summed E-state index contributed by atoms with van der Waals surface area (Å²) in [6.07, 6.45) is 2.58. The monoisotopic (exact) mass is 308 g/mol. The lowest BCUT2D eigenvalue weighted by Crippen LogP contribution is -2.34. The minimum atomic E-state index is -3.49. The van der Waals surface area contributed by atoms with Crippen molar-refractivity contribution >= 4 is 21.6 Å². The highest BCUT2D eigenvalue weighted by molar-refractivity contribution is 7.89. The van der Waals surface area contributed by atoms with Gasteiger partial charge in [-0.15, -0.1) is 0 Å². The van der Waals surface area contributed by atoms with Crippen LogP contribution < -0.4 is 9.62 Å². The fraction of sp³-hybridized carbons (Fsp3) is 0.533. The minimum absolute atomic E-state index is 0.0855. The highest BCUT2D eigenvalue weighted by Crippen LogP contribution is 2.38. The molecule has 2 aliphatic heterocycles. The molecule has 0 radical (unpaired) electrons. The van der Waals surface area contributed by atoms with E-state index in [2.05, 4.69) is 4.72 Å². The van der Waals surface area contributed by atoms with Gasteiger partial charge < -0.3 is 4.90 Å². The highest BCUT2D eigenvalue weighted by atomic mass is 32.2. The highest BCUT2D eigenvalue weighted by Gasteiger charge is 2.33. The summed E-state index contributed by atoms with van der Waals surface area (Å²) >= 11 is 0. The lowest BCUT2D eigenvalue weighted by Gasteiger charge is -2.26. The Labute approximate surface area is 125 Å². The van der Waals surface area contributed by atoms with Crippen LogP contribution in [0.2, 0.25) is 0 Å². The van der Waals surface area contributed by atoms with Gasteiger partial charge in [0.2, 0.25) is 15.9 Å². The number of sulfonamides is 1. The summed E-state index contributed by atoms with van der Waals surface area (Å²) in [6.45, 7) is 4.47. The van der Waals surface area contributed by atoms with Crippen LogP contribution in [0.5, 0.6) is 0 Å². The molecular weight excluding hydrogens is 288 g/mol. The van der Waals surface area contributed by atoms with Gasteiger partial charge in [-0.05, 0) is 49.4 Å². The van der Waals surface area contributed by atoms with Gasteiger partial charge in [0.1, 0.15) is 0 Å². The van der Waals surface area contributed by atoms with E-state index >= 15 is 0 Å². The van der Waals surface area contributed by atoms with Crippen LogP contribution in [-0.4, -0.2) is 26.9 Å². The van der Waals surface area contributed by atoms with E-state index in [1.54, 1.807) is 17.0 Å². The molecule has 1 N–H and O–H groups in total. The van der Waals surface area contributed by atoms with Gasteiger partial charge in [0.15, 0.2) is 0 Å². The van der Waals surface area contributed by atoms with Crippen LogP contribution in [0, 0.1) is 0 Å². The summed E-state index contributed by atoms with van der Waals surface area (Å²) in [5, 5.41) is 0. The van der Waals surface area contributed by atoms with Crippen LogP contribution in [0.25, 0.3) is 0 Å². The average molecular weight is 308 g/mol. The van der Waals surface area contributed by atoms with E-state index in [0.717, 1.165) is 29.7 Å². The van der Waals surface area contributed by atoms with E-state index in [9.17, 15) is 13.2 Å². The van der Waals surface area contributed by atoms with Gasteiger partial charge in [-0.25, -0.2) is 13.1 Å². The van der Waals surface area contributed by atoms with E-state index in [1.807, 2.05) is 13.8 Å². The number of carbonyl (C=O) groups is 1. The first-order chi connectivity index (χ1) is 9.92. The molecule has 1 aromatic rings. The molecule has 1 atom stereocenters. The average Bonchev–Trinajstić information content (AvgIpc) is 2.87. The fourth-order valence-electron chi connectivity index (χ4n) is 3.00. The number of hydrogen-bond donors (Lipinski definition) is 1. The number of anilines is 1. The zero-order chi connectivity index (χ0) is 15.2. The Morgan fingerprint density at radius 3 is 2.57 bits per heavy atom. The molecule has 0 aliphatic carbocycles. The Kier molecular flexibility index (Phi) is 3.53. The summed E-state index contributed by atoms with van der Waals surface area (Å²) in [6, 6.07) is 3.37. The first-order valence-corrected chi connectivity index (χ1v) is 8.89. The minimum Gasteiger partial charge on any atom is -0.312 e. The molecule has 0 aromatic heterocycles. The Bertz CT molecular complexity index is 697. The molecular formula is C15H20N2O3S. The molecule has 0 bridgehead atoms. The number of nitrogens with zero attached hydrogens (tertiary/aromatic N) is 1. The zero-order valence-electron chi connectivity index (χ0n) is 12.3. The predicted molar refractivity (Wildman–Crippen MR) is 80.9 cm³/mol. The van der Waals surface area contributed by atoms with Gasteiger partial charge in [0.05, 0.1) is 10.6 Å². The molecule has 5 nitrogen and oxygen atoms in total. The summed E-state index contributed by atoms with van der Waals surface area (Å²) in [7, 11) is -3.49. The Balaban J connectivity index is 2.02. The topological polar surface area (TPSA) is 66.5 Å². The standard InChI is InChI=1S/C15H20N2O3S/c1-3-10(2)16-21(19,20)13-8-11-4-5-14(18)17-7-6-12(9-13)15(11)17/h8-10,16H,3-7H2,1-2H3/t10-/m0/s1. The second-order valence-electron chi connectivity index (χ2n) is 5.82. The smallest absolute Gasteiger partial charge is 0.240 e. The van der Waals surface area contributed by atoms with Gasteiger partial charge in [-0.3, -0.25) is 4.79 Å². The van der Waals surface area contributed by atoms with E-state index in [-0.39, 0.29) is 11.9 Å². The van der Waals surface area contributed by atoms with Crippen LogP contribution in [-0.2, 0) is 27.7 Å². The summed E-state index contributed by atoms with van der Waals surface area (Å²) in [5.74, 6) is 0.148. The molecule has 2 heterocycles. The van der Waals surface area contributed by atoms with Crippen molar-refractivity contribution in [3.8, 4) is 0 Å². The summed E-state index contributed by atoms with van der Waals surface area (Å²) in [4.78, 5) is 14.0. The van der Waals surface area contributed by atoms with Crippen LogP contribution in [0.1, 0.15) is 37.8 Å². The van der Waals surface area contributed by atoms with Crippen molar-refractivity contribution in [3.63, 3.8) is 0 Å². The number of amides is 1. The zero-order valence-corrected chi connectivity index (χ0v) is 13.2. The van der Waals surface area contributed by atoms with Gasteiger partial charge in [0, 0.05) is 19.0 Å². The quantitative estimate of drug-likeness (QED) is 0.918. The van der Waals surface area contributed by atoms with Crippen molar-refractivity contribution in [2.75, 3.05) is 11.4 Å². The molecule has 1 aromatic carbocycles. The number of rotatable bonds is 4. The van der Waals surface area contributed by atoms with Crippen molar-refractivity contribution in [1.82, 2.24) is 4.72 Å². The maximum Gasteiger partial charge on any atom is 0.240 e. The first-order valence-electron chi connectivity index (χ1n) is 7.41. The van der Waals surface area contributed by atoms with Crippen molar-refractivity contribution in [3.05, 3.63) is 23.3 Å². The molecule has 0 spiro atoms. The molecule has 3 rings (SSSR count). The summed E-state index contributed by atoms with van der Waals surface area (Å²) < 4.78 is 27.6. The van der Waals surface area contributed by atoms with Crippen LogP contribution >= 0.6 is 0 Å². The number of benzene rings is 1. The molecule has 0 saturated carbocycles. The third-order valence-electron chi connectivity index (χ3n) is 4.30. The normalized spacial score (nSPS) is 18.8. The molecule has 0 unspecified atom stereocenters. The van der Waals surface area contributed by atoms with Gasteiger partial charge >= 0.3 is 0 Å². The van der Waals surface area contributed by atoms with Gasteiger partial charge in [-0.1, -0.05) is 6.92 Å². The molecule has 6 heteroatoms. The largest absolute Gasteiger partial charge is 0.312 e. The van der Waals surface area contributed by atoms with E-state index < -0.39 is 10.0 Å². The van der Waals surface area contributed by atoms with Crippen molar-refractivity contribution in [2.45, 2.75) is 50.5 Å². The second kappa shape index (κ2) is 5.10. The number of aryl methyl sites for hydroxylation is 1. The number of nitrogens with one attached hydrogen (secondary N) is 1. The van der Waals surface area contributed by atoms with E-state index in [0.29, 0.717) is 24.3 Å². The number of carbonyl (C=O) groups excluding carboxylic acids is 1. The molecule has 114 valence electrons. The van der Waals surface area contributed by atoms with Gasteiger partial charge in [0.25, 0.3) is 0 Å². The van der Waals surface area contributed by atoms with Crippen LogP contribution in [0.3, 0.4) is 0 Å². The molecule has 2 aliphatic rings. The van der Waals surface area contributed by atoms with Crippen molar-refractivity contribution in [1.29, 1.82) is 0 Å². The Morgan fingerprint density at radius 2 is 1.90 bits per heavy atom. The lowest BCUT2D eigenvalue weighted by atomic mass is 10.00. The predicted octanol–water partition coefficient (Wildman–Crippen LogP) is 1.60.